The Balaban J connectivity index is 1.62. The Bertz CT molecular complexity index is 637. The van der Waals surface area contributed by atoms with Gasteiger partial charge in [-0.15, -0.1) is 0 Å². The summed E-state index contributed by atoms with van der Waals surface area (Å²) in [4.78, 5) is 2.56. The molecular formula is C24H36N2. The summed E-state index contributed by atoms with van der Waals surface area (Å²) in [5.41, 5.74) is 3.80. The van der Waals surface area contributed by atoms with Crippen molar-refractivity contribution in [3.63, 3.8) is 0 Å². The third-order valence-electron chi connectivity index (χ3n) is 7.96. The lowest BCUT2D eigenvalue weighted by molar-refractivity contribution is 0.0233. The number of hydrogen-bond acceptors (Lipinski definition) is 2. The van der Waals surface area contributed by atoms with Crippen LogP contribution in [0, 0.1) is 10.8 Å². The fourth-order valence-electron chi connectivity index (χ4n) is 6.88. The first kappa shape index (κ1) is 18.3. The molecule has 2 heteroatoms. The van der Waals surface area contributed by atoms with Crippen molar-refractivity contribution in [1.29, 1.82) is 0 Å². The Hall–Kier alpha value is -1.12. The van der Waals surface area contributed by atoms with Gasteiger partial charge in [-0.2, -0.15) is 0 Å². The monoisotopic (exact) mass is 352 g/mol. The predicted molar refractivity (Wildman–Crippen MR) is 111 cm³/mol. The highest BCUT2D eigenvalue weighted by Crippen LogP contribution is 2.59. The lowest BCUT2D eigenvalue weighted by Crippen LogP contribution is -2.57. The van der Waals surface area contributed by atoms with Gasteiger partial charge in [0.25, 0.3) is 0 Å². The Morgan fingerprint density at radius 3 is 2.50 bits per heavy atom. The van der Waals surface area contributed by atoms with E-state index in [0.29, 0.717) is 22.9 Å². The van der Waals surface area contributed by atoms with Crippen LogP contribution in [0.1, 0.15) is 68.9 Å². The van der Waals surface area contributed by atoms with Crippen LogP contribution in [0.5, 0.6) is 0 Å². The molecule has 2 atom stereocenters. The zero-order chi connectivity index (χ0) is 18.2. The molecular weight excluding hydrogens is 316 g/mol. The van der Waals surface area contributed by atoms with Crippen molar-refractivity contribution < 1.29 is 0 Å². The summed E-state index contributed by atoms with van der Waals surface area (Å²) >= 11 is 0. The second-order valence-electron chi connectivity index (χ2n) is 9.57. The maximum absolute atomic E-state index is 4.04. The van der Waals surface area contributed by atoms with Crippen molar-refractivity contribution in [2.24, 2.45) is 10.8 Å². The van der Waals surface area contributed by atoms with Gasteiger partial charge in [-0.3, -0.25) is 0 Å². The molecule has 2 bridgehead atoms. The van der Waals surface area contributed by atoms with E-state index < -0.39 is 0 Å². The Kier molecular flexibility index (Phi) is 5.00. The fourth-order valence-corrected chi connectivity index (χ4v) is 6.88. The van der Waals surface area contributed by atoms with Crippen LogP contribution in [0.3, 0.4) is 0 Å². The molecule has 1 N–H and O–H groups in total. The second-order valence-corrected chi connectivity index (χ2v) is 9.57. The molecule has 0 heterocycles. The number of nitrogens with zero attached hydrogens (tertiary/aromatic N) is 1. The lowest BCUT2D eigenvalue weighted by Gasteiger charge is -2.50. The zero-order valence-corrected chi connectivity index (χ0v) is 16.8. The van der Waals surface area contributed by atoms with Crippen LogP contribution in [0.2, 0.25) is 0 Å². The Morgan fingerprint density at radius 1 is 1.08 bits per heavy atom. The van der Waals surface area contributed by atoms with E-state index in [1.807, 2.05) is 6.08 Å². The van der Waals surface area contributed by atoms with Gasteiger partial charge >= 0.3 is 0 Å². The number of rotatable bonds is 5. The first-order valence-electron chi connectivity index (χ1n) is 10.7. The molecule has 4 rings (SSSR count). The highest BCUT2D eigenvalue weighted by molar-refractivity contribution is 5.51. The van der Waals surface area contributed by atoms with E-state index in [2.05, 4.69) is 55.2 Å². The summed E-state index contributed by atoms with van der Waals surface area (Å²) in [6.07, 6.45) is 15.0. The normalized spacial score (nSPS) is 36.6. The predicted octanol–water partition coefficient (Wildman–Crippen LogP) is 5.24. The summed E-state index contributed by atoms with van der Waals surface area (Å²) in [6, 6.07) is 9.97. The number of nitrogens with one attached hydrogen (secondary N) is 1. The smallest absolute Gasteiger partial charge is 0.0299 e. The van der Waals surface area contributed by atoms with E-state index in [-0.39, 0.29) is 0 Å². The van der Waals surface area contributed by atoms with E-state index in [1.54, 1.807) is 0 Å². The van der Waals surface area contributed by atoms with Gasteiger partial charge < -0.3 is 10.2 Å². The van der Waals surface area contributed by atoms with Crippen molar-refractivity contribution >= 4 is 6.08 Å². The number of likely N-dealkylation sites (N-methyl/N-ethyl adjacent to an activating group) is 1. The minimum absolute atomic E-state index is 0.536. The molecule has 3 saturated carbocycles. The van der Waals surface area contributed by atoms with E-state index in [4.69, 9.17) is 0 Å². The summed E-state index contributed by atoms with van der Waals surface area (Å²) < 4.78 is 0. The van der Waals surface area contributed by atoms with Crippen LogP contribution >= 0.6 is 0 Å². The zero-order valence-electron chi connectivity index (χ0n) is 16.8. The largest absolute Gasteiger partial charge is 0.308 e. The highest BCUT2D eigenvalue weighted by atomic mass is 15.2. The van der Waals surface area contributed by atoms with E-state index in [9.17, 15) is 0 Å². The highest BCUT2D eigenvalue weighted by Gasteiger charge is 2.54. The maximum atomic E-state index is 4.04. The molecule has 3 aliphatic carbocycles. The van der Waals surface area contributed by atoms with Crippen molar-refractivity contribution in [3.05, 3.63) is 42.0 Å². The van der Waals surface area contributed by atoms with Crippen molar-refractivity contribution in [3.8, 4) is 0 Å². The molecule has 0 spiro atoms. The van der Waals surface area contributed by atoms with Crippen molar-refractivity contribution in [2.45, 2.75) is 76.4 Å². The van der Waals surface area contributed by atoms with Gasteiger partial charge in [-0.25, -0.2) is 0 Å². The molecule has 3 aliphatic rings. The second kappa shape index (κ2) is 7.13. The van der Waals surface area contributed by atoms with Crippen molar-refractivity contribution in [2.75, 3.05) is 14.1 Å². The average molecular weight is 353 g/mol. The van der Waals surface area contributed by atoms with Crippen LogP contribution in [0.4, 0.5) is 0 Å². The molecule has 142 valence electrons. The molecule has 0 aliphatic heterocycles. The third-order valence-corrected chi connectivity index (χ3v) is 7.96. The van der Waals surface area contributed by atoms with Gasteiger partial charge in [-0.05, 0) is 81.0 Å². The molecule has 0 radical (unpaired) electrons. The molecule has 1 aromatic carbocycles. The maximum Gasteiger partial charge on any atom is 0.0299 e. The summed E-state index contributed by atoms with van der Waals surface area (Å²) in [7, 11) is 4.64. The first-order valence-corrected chi connectivity index (χ1v) is 10.7. The summed E-state index contributed by atoms with van der Waals surface area (Å²) in [5.74, 6) is 0. The molecule has 1 aromatic rings. The van der Waals surface area contributed by atoms with E-state index >= 15 is 0 Å². The summed E-state index contributed by atoms with van der Waals surface area (Å²) in [6.45, 7) is 4.96. The minimum atomic E-state index is 0.536. The molecule has 2 nitrogen and oxygen atoms in total. The number of benzene rings is 1. The van der Waals surface area contributed by atoms with Gasteiger partial charge in [0, 0.05) is 18.6 Å². The quantitative estimate of drug-likeness (QED) is 0.779. The molecule has 0 saturated heterocycles. The van der Waals surface area contributed by atoms with E-state index in [0.717, 1.165) is 6.54 Å². The van der Waals surface area contributed by atoms with Gasteiger partial charge in [0.1, 0.15) is 0 Å². The SMILES string of the molecule is C=Cc1ccccc1CNC1CC23CCCC(CCC2)(CC3)C1N(C)C. The molecule has 2 unspecified atom stereocenters. The molecule has 0 aromatic heterocycles. The topological polar surface area (TPSA) is 15.3 Å². The standard InChI is InChI=1S/C24H36N2/c1-4-19-9-5-6-10-20(19)18-25-21-17-23-11-7-13-24(16-15-23,14-8-12-23)22(21)26(2)3/h4-6,9-10,21-22,25H,1,7-8,11-18H2,2-3H3. The van der Waals surface area contributed by atoms with Crippen LogP contribution < -0.4 is 5.32 Å². The van der Waals surface area contributed by atoms with Crippen LogP contribution in [-0.2, 0) is 6.54 Å². The number of hydrogen-bond donors (Lipinski definition) is 1. The Morgan fingerprint density at radius 2 is 1.81 bits per heavy atom. The van der Waals surface area contributed by atoms with Crippen LogP contribution in [0.15, 0.2) is 30.8 Å². The van der Waals surface area contributed by atoms with Gasteiger partial charge in [0.2, 0.25) is 0 Å². The van der Waals surface area contributed by atoms with Crippen LogP contribution in [-0.4, -0.2) is 31.1 Å². The van der Waals surface area contributed by atoms with Crippen LogP contribution in [0.25, 0.3) is 6.08 Å². The molecule has 26 heavy (non-hydrogen) atoms. The fraction of sp³-hybridized carbons (Fsp3) is 0.667. The summed E-state index contributed by atoms with van der Waals surface area (Å²) in [5, 5.41) is 4.04. The third kappa shape index (κ3) is 3.16. The lowest BCUT2D eigenvalue weighted by atomic mass is 9.63. The first-order chi connectivity index (χ1) is 12.6. The van der Waals surface area contributed by atoms with Gasteiger partial charge in [0.15, 0.2) is 0 Å². The van der Waals surface area contributed by atoms with E-state index in [1.165, 1.54) is 68.9 Å². The average Bonchev–Trinajstić information content (AvgIpc) is 2.94. The van der Waals surface area contributed by atoms with Gasteiger partial charge in [-0.1, -0.05) is 49.8 Å². The van der Waals surface area contributed by atoms with Gasteiger partial charge in [0.05, 0.1) is 0 Å². The molecule has 0 amide bonds. The van der Waals surface area contributed by atoms with Crippen molar-refractivity contribution in [1.82, 2.24) is 10.2 Å². The molecule has 3 fully saturated rings. The minimum Gasteiger partial charge on any atom is -0.308 e. The Labute approximate surface area is 160 Å².